The van der Waals surface area contributed by atoms with Crippen molar-refractivity contribution in [2.75, 3.05) is 13.9 Å². The van der Waals surface area contributed by atoms with Gasteiger partial charge in [0.2, 0.25) is 6.79 Å². The molecule has 0 aliphatic carbocycles. The second kappa shape index (κ2) is 6.76. The topological polar surface area (TPSA) is 83.1 Å². The first kappa shape index (κ1) is 16.9. The predicted octanol–water partition coefficient (Wildman–Crippen LogP) is 2.02. The van der Waals surface area contributed by atoms with E-state index in [4.69, 9.17) is 18.9 Å². The number of methoxy groups -OCH3 is 1. The zero-order chi connectivity index (χ0) is 17.0. The van der Waals surface area contributed by atoms with Crippen molar-refractivity contribution in [1.82, 2.24) is 5.32 Å². The van der Waals surface area contributed by atoms with Crippen molar-refractivity contribution in [1.29, 1.82) is 0 Å². The summed E-state index contributed by atoms with van der Waals surface area (Å²) in [6.07, 6.45) is -0.420. The second-order valence-corrected chi connectivity index (χ2v) is 6.11. The first-order chi connectivity index (χ1) is 10.8. The Hall–Kier alpha value is -2.44. The molecule has 0 fully saturated rings. The van der Waals surface area contributed by atoms with Crippen LogP contribution in [0.25, 0.3) is 0 Å². The quantitative estimate of drug-likeness (QED) is 0.854. The van der Waals surface area contributed by atoms with Crippen LogP contribution in [0.5, 0.6) is 11.5 Å². The molecule has 1 amide bonds. The molecule has 1 aliphatic heterocycles. The van der Waals surface area contributed by atoms with Gasteiger partial charge in [-0.15, -0.1) is 0 Å². The van der Waals surface area contributed by atoms with Gasteiger partial charge in [0.1, 0.15) is 11.6 Å². The van der Waals surface area contributed by atoms with Crippen molar-refractivity contribution in [2.24, 2.45) is 0 Å². The number of esters is 1. The minimum atomic E-state index is -0.852. The molecule has 0 spiro atoms. The van der Waals surface area contributed by atoms with Crippen molar-refractivity contribution in [3.63, 3.8) is 0 Å². The third-order valence-electron chi connectivity index (χ3n) is 3.05. The Morgan fingerprint density at radius 2 is 1.96 bits per heavy atom. The van der Waals surface area contributed by atoms with Crippen molar-refractivity contribution >= 4 is 12.1 Å². The molecule has 0 aromatic heterocycles. The standard InChI is InChI=1S/C16H21NO6/c1-16(2,3)23-15(19)17-11(14(18)20-4)7-10-5-6-12-13(8-10)22-9-21-12/h5-6,8,11H,7,9H2,1-4H3,(H,17,19)/t11-/m1/s1. The molecule has 1 aromatic rings. The Bertz CT molecular complexity index is 593. The molecule has 7 heteroatoms. The van der Waals surface area contributed by atoms with Crippen molar-refractivity contribution in [2.45, 2.75) is 38.8 Å². The molecule has 2 rings (SSSR count). The average Bonchev–Trinajstić information content (AvgIpc) is 2.91. The third kappa shape index (κ3) is 4.77. The van der Waals surface area contributed by atoms with E-state index in [1.165, 1.54) is 7.11 Å². The van der Waals surface area contributed by atoms with Crippen LogP contribution in [0, 0.1) is 0 Å². The molecule has 126 valence electrons. The van der Waals surface area contributed by atoms with Gasteiger partial charge < -0.3 is 24.3 Å². The number of ether oxygens (including phenoxy) is 4. The van der Waals surface area contributed by atoms with Crippen molar-refractivity contribution in [3.8, 4) is 11.5 Å². The monoisotopic (exact) mass is 323 g/mol. The highest BCUT2D eigenvalue weighted by atomic mass is 16.7. The van der Waals surface area contributed by atoms with E-state index >= 15 is 0 Å². The normalized spacial score (nSPS) is 14.1. The molecular weight excluding hydrogens is 302 g/mol. The summed E-state index contributed by atoms with van der Waals surface area (Å²) in [4.78, 5) is 23.8. The molecule has 1 heterocycles. The summed E-state index contributed by atoms with van der Waals surface area (Å²) < 4.78 is 20.5. The number of amides is 1. The smallest absolute Gasteiger partial charge is 0.408 e. The van der Waals surface area contributed by atoms with Crippen molar-refractivity contribution in [3.05, 3.63) is 23.8 Å². The third-order valence-corrected chi connectivity index (χ3v) is 3.05. The van der Waals surface area contributed by atoms with E-state index in [-0.39, 0.29) is 13.2 Å². The van der Waals surface area contributed by atoms with Gasteiger partial charge >= 0.3 is 12.1 Å². The fourth-order valence-electron chi connectivity index (χ4n) is 2.09. The Kier molecular flexibility index (Phi) is 4.98. The van der Waals surface area contributed by atoms with Gasteiger partial charge in [0.05, 0.1) is 7.11 Å². The Balaban J connectivity index is 2.07. The fraction of sp³-hybridized carbons (Fsp3) is 0.500. The van der Waals surface area contributed by atoms with Crippen LogP contribution < -0.4 is 14.8 Å². The van der Waals surface area contributed by atoms with Gasteiger partial charge in [-0.25, -0.2) is 9.59 Å². The summed E-state index contributed by atoms with van der Waals surface area (Å²) in [5.41, 5.74) is 0.157. The highest BCUT2D eigenvalue weighted by Gasteiger charge is 2.26. The zero-order valence-corrected chi connectivity index (χ0v) is 13.7. The molecule has 0 bridgehead atoms. The van der Waals surface area contributed by atoms with E-state index in [9.17, 15) is 9.59 Å². The second-order valence-electron chi connectivity index (χ2n) is 6.11. The van der Waals surface area contributed by atoms with E-state index in [0.717, 1.165) is 5.56 Å². The maximum Gasteiger partial charge on any atom is 0.408 e. The lowest BCUT2D eigenvalue weighted by Crippen LogP contribution is -2.45. The maximum atomic E-state index is 11.9. The van der Waals surface area contributed by atoms with Gasteiger partial charge in [0.25, 0.3) is 0 Å². The number of carbonyl (C=O) groups is 2. The minimum Gasteiger partial charge on any atom is -0.467 e. The molecule has 1 atom stereocenters. The SMILES string of the molecule is COC(=O)[C@@H](Cc1ccc2c(c1)OCO2)NC(=O)OC(C)(C)C. The van der Waals surface area contributed by atoms with Gasteiger partial charge in [-0.3, -0.25) is 0 Å². The van der Waals surface area contributed by atoms with Crippen LogP contribution in [0.3, 0.4) is 0 Å². The first-order valence-corrected chi connectivity index (χ1v) is 7.24. The van der Waals surface area contributed by atoms with Crippen LogP contribution in [0.15, 0.2) is 18.2 Å². The molecule has 1 N–H and O–H groups in total. The van der Waals surface area contributed by atoms with Crippen LogP contribution in [-0.4, -0.2) is 37.6 Å². The van der Waals surface area contributed by atoms with Gasteiger partial charge in [-0.05, 0) is 38.5 Å². The van der Waals surface area contributed by atoms with Crippen LogP contribution in [0.4, 0.5) is 4.79 Å². The van der Waals surface area contributed by atoms with Gasteiger partial charge in [-0.2, -0.15) is 0 Å². The van der Waals surface area contributed by atoms with Crippen LogP contribution in [0.1, 0.15) is 26.3 Å². The van der Waals surface area contributed by atoms with Crippen LogP contribution >= 0.6 is 0 Å². The zero-order valence-electron chi connectivity index (χ0n) is 13.7. The number of nitrogens with one attached hydrogen (secondary N) is 1. The fourth-order valence-corrected chi connectivity index (χ4v) is 2.09. The lowest BCUT2D eigenvalue weighted by atomic mass is 10.1. The Morgan fingerprint density at radius 3 is 2.61 bits per heavy atom. The minimum absolute atomic E-state index is 0.176. The highest BCUT2D eigenvalue weighted by molar-refractivity contribution is 5.81. The number of benzene rings is 1. The summed E-state index contributed by atoms with van der Waals surface area (Å²) in [6.45, 7) is 5.42. The van der Waals surface area contributed by atoms with E-state index in [1.54, 1.807) is 39.0 Å². The Labute approximate surface area is 134 Å². The summed E-state index contributed by atoms with van der Waals surface area (Å²) in [7, 11) is 1.27. The molecule has 0 saturated carbocycles. The number of rotatable bonds is 4. The predicted molar refractivity (Wildman–Crippen MR) is 81.4 cm³/mol. The van der Waals surface area contributed by atoms with E-state index in [2.05, 4.69) is 5.32 Å². The number of alkyl carbamates (subject to hydrolysis) is 1. The first-order valence-electron chi connectivity index (χ1n) is 7.24. The molecule has 23 heavy (non-hydrogen) atoms. The molecule has 0 radical (unpaired) electrons. The summed E-state index contributed by atoms with van der Waals surface area (Å²) in [5, 5.41) is 2.53. The number of carbonyl (C=O) groups excluding carboxylic acids is 2. The Morgan fingerprint density at radius 1 is 1.26 bits per heavy atom. The summed E-state index contributed by atoms with van der Waals surface area (Å²) >= 11 is 0. The molecular formula is C16H21NO6. The lowest BCUT2D eigenvalue weighted by molar-refractivity contribution is -0.143. The van der Waals surface area contributed by atoms with Crippen molar-refractivity contribution < 1.29 is 28.5 Å². The van der Waals surface area contributed by atoms with Gasteiger partial charge in [0.15, 0.2) is 11.5 Å². The molecule has 0 saturated heterocycles. The van der Waals surface area contributed by atoms with Crippen LogP contribution in [0.2, 0.25) is 0 Å². The van der Waals surface area contributed by atoms with E-state index < -0.39 is 23.7 Å². The number of hydrogen-bond acceptors (Lipinski definition) is 6. The van der Waals surface area contributed by atoms with Crippen LogP contribution in [-0.2, 0) is 20.7 Å². The maximum absolute atomic E-state index is 11.9. The molecule has 1 aromatic carbocycles. The molecule has 0 unspecified atom stereocenters. The number of fused-ring (bicyclic) bond motifs is 1. The molecule has 7 nitrogen and oxygen atoms in total. The van der Waals surface area contributed by atoms with E-state index in [1.807, 2.05) is 0 Å². The number of hydrogen-bond donors (Lipinski definition) is 1. The average molecular weight is 323 g/mol. The highest BCUT2D eigenvalue weighted by Crippen LogP contribution is 2.32. The summed E-state index contributed by atoms with van der Waals surface area (Å²) in [6, 6.07) is 4.49. The summed E-state index contributed by atoms with van der Waals surface area (Å²) in [5.74, 6) is 0.723. The van der Waals surface area contributed by atoms with E-state index in [0.29, 0.717) is 11.5 Å². The largest absolute Gasteiger partial charge is 0.467 e. The molecule has 1 aliphatic rings. The lowest BCUT2D eigenvalue weighted by Gasteiger charge is -2.22. The van der Waals surface area contributed by atoms with Gasteiger partial charge in [0, 0.05) is 6.42 Å². The van der Waals surface area contributed by atoms with Gasteiger partial charge in [-0.1, -0.05) is 6.07 Å².